The van der Waals surface area contributed by atoms with Crippen LogP contribution in [0.1, 0.15) is 18.4 Å². The summed E-state index contributed by atoms with van der Waals surface area (Å²) in [5.41, 5.74) is 7.64. The van der Waals surface area contributed by atoms with E-state index in [9.17, 15) is 0 Å². The average molecular weight is 264 g/mol. The van der Waals surface area contributed by atoms with Crippen molar-refractivity contribution in [2.75, 3.05) is 34.4 Å². The van der Waals surface area contributed by atoms with Crippen LogP contribution in [0.15, 0.2) is 18.2 Å². The molecule has 4 heteroatoms. The third-order valence-corrected chi connectivity index (χ3v) is 3.99. The molecule has 1 aromatic carbocycles. The van der Waals surface area contributed by atoms with Gasteiger partial charge in [0, 0.05) is 5.54 Å². The summed E-state index contributed by atoms with van der Waals surface area (Å²) in [5.74, 6) is 1.54. The SMILES string of the molecule is COc1ccc(CC2(N)CCN(C)CC2)cc1OC. The van der Waals surface area contributed by atoms with Gasteiger partial charge in [-0.2, -0.15) is 0 Å². The Bertz CT molecular complexity index is 426. The minimum atomic E-state index is -0.0912. The van der Waals surface area contributed by atoms with Crippen LogP contribution in [0.25, 0.3) is 0 Å². The van der Waals surface area contributed by atoms with Crippen molar-refractivity contribution >= 4 is 0 Å². The zero-order valence-corrected chi connectivity index (χ0v) is 12.1. The summed E-state index contributed by atoms with van der Waals surface area (Å²) >= 11 is 0. The Balaban J connectivity index is 2.10. The number of hydrogen-bond acceptors (Lipinski definition) is 4. The Kier molecular flexibility index (Phi) is 4.32. The lowest BCUT2D eigenvalue weighted by Crippen LogP contribution is -2.50. The third kappa shape index (κ3) is 3.39. The lowest BCUT2D eigenvalue weighted by atomic mass is 9.83. The van der Waals surface area contributed by atoms with Gasteiger partial charge in [0.1, 0.15) is 0 Å². The Labute approximate surface area is 115 Å². The molecule has 19 heavy (non-hydrogen) atoms. The van der Waals surface area contributed by atoms with Gasteiger partial charge in [-0.1, -0.05) is 6.07 Å². The number of likely N-dealkylation sites (tertiary alicyclic amines) is 1. The molecule has 0 unspecified atom stereocenters. The molecule has 2 rings (SSSR count). The van der Waals surface area contributed by atoms with E-state index in [1.807, 2.05) is 12.1 Å². The summed E-state index contributed by atoms with van der Waals surface area (Å²) in [6, 6.07) is 6.06. The molecule has 0 atom stereocenters. The molecule has 106 valence electrons. The Hall–Kier alpha value is -1.26. The first-order valence-corrected chi connectivity index (χ1v) is 6.75. The van der Waals surface area contributed by atoms with E-state index in [0.29, 0.717) is 0 Å². The number of nitrogens with two attached hydrogens (primary N) is 1. The topological polar surface area (TPSA) is 47.7 Å². The second-order valence-corrected chi connectivity index (χ2v) is 5.53. The van der Waals surface area contributed by atoms with Crippen LogP contribution in [-0.2, 0) is 6.42 Å². The summed E-state index contributed by atoms with van der Waals surface area (Å²) in [5, 5.41) is 0. The van der Waals surface area contributed by atoms with Crippen molar-refractivity contribution < 1.29 is 9.47 Å². The van der Waals surface area contributed by atoms with Crippen LogP contribution in [0.4, 0.5) is 0 Å². The fourth-order valence-electron chi connectivity index (χ4n) is 2.64. The zero-order valence-electron chi connectivity index (χ0n) is 12.1. The van der Waals surface area contributed by atoms with Crippen LogP contribution in [0.2, 0.25) is 0 Å². The Morgan fingerprint density at radius 2 is 1.79 bits per heavy atom. The molecule has 0 aliphatic carbocycles. The summed E-state index contributed by atoms with van der Waals surface area (Å²) < 4.78 is 10.6. The fourth-order valence-corrected chi connectivity index (χ4v) is 2.64. The van der Waals surface area contributed by atoms with Crippen LogP contribution >= 0.6 is 0 Å². The van der Waals surface area contributed by atoms with Crippen LogP contribution in [0.5, 0.6) is 11.5 Å². The maximum atomic E-state index is 6.52. The maximum Gasteiger partial charge on any atom is 0.160 e. The minimum Gasteiger partial charge on any atom is -0.493 e. The average Bonchev–Trinajstić information content (AvgIpc) is 2.42. The van der Waals surface area contributed by atoms with Crippen molar-refractivity contribution in [3.8, 4) is 11.5 Å². The predicted molar refractivity (Wildman–Crippen MR) is 76.9 cm³/mol. The maximum absolute atomic E-state index is 6.52. The molecule has 1 aliphatic rings. The highest BCUT2D eigenvalue weighted by molar-refractivity contribution is 5.43. The molecule has 0 spiro atoms. The highest BCUT2D eigenvalue weighted by Gasteiger charge is 2.29. The van der Waals surface area contributed by atoms with E-state index < -0.39 is 0 Å². The van der Waals surface area contributed by atoms with E-state index in [1.165, 1.54) is 5.56 Å². The van der Waals surface area contributed by atoms with Crippen molar-refractivity contribution in [3.05, 3.63) is 23.8 Å². The number of methoxy groups -OCH3 is 2. The molecular formula is C15H24N2O2. The van der Waals surface area contributed by atoms with Gasteiger partial charge in [0.15, 0.2) is 11.5 Å². The Morgan fingerprint density at radius 3 is 2.37 bits per heavy atom. The smallest absolute Gasteiger partial charge is 0.160 e. The van der Waals surface area contributed by atoms with E-state index in [-0.39, 0.29) is 5.54 Å². The lowest BCUT2D eigenvalue weighted by molar-refractivity contribution is 0.190. The first kappa shape index (κ1) is 14.2. The standard InChI is InChI=1S/C15H24N2O2/c1-17-8-6-15(16,7-9-17)11-12-4-5-13(18-2)14(10-12)19-3/h4-5,10H,6-9,11,16H2,1-3H3. The molecule has 0 saturated carbocycles. The van der Waals surface area contributed by atoms with Crippen molar-refractivity contribution in [2.45, 2.75) is 24.8 Å². The molecular weight excluding hydrogens is 240 g/mol. The van der Waals surface area contributed by atoms with E-state index >= 15 is 0 Å². The molecule has 0 radical (unpaired) electrons. The van der Waals surface area contributed by atoms with E-state index in [1.54, 1.807) is 14.2 Å². The van der Waals surface area contributed by atoms with Gasteiger partial charge in [0.25, 0.3) is 0 Å². The first-order chi connectivity index (χ1) is 9.06. The number of nitrogens with zero attached hydrogens (tertiary/aromatic N) is 1. The van der Waals surface area contributed by atoms with Crippen LogP contribution in [-0.4, -0.2) is 44.8 Å². The largest absolute Gasteiger partial charge is 0.493 e. The first-order valence-electron chi connectivity index (χ1n) is 6.75. The van der Waals surface area contributed by atoms with Gasteiger partial charge >= 0.3 is 0 Å². The van der Waals surface area contributed by atoms with Crippen LogP contribution in [0.3, 0.4) is 0 Å². The van der Waals surface area contributed by atoms with Crippen LogP contribution in [0, 0.1) is 0 Å². The number of ether oxygens (including phenoxy) is 2. The van der Waals surface area contributed by atoms with Gasteiger partial charge in [-0.25, -0.2) is 0 Å². The molecule has 0 bridgehead atoms. The minimum absolute atomic E-state index is 0.0912. The molecule has 2 N–H and O–H groups in total. The third-order valence-electron chi connectivity index (χ3n) is 3.99. The normalized spacial score (nSPS) is 19.2. The second kappa shape index (κ2) is 5.80. The fraction of sp³-hybridized carbons (Fsp3) is 0.600. The summed E-state index contributed by atoms with van der Waals surface area (Å²) in [6.45, 7) is 2.15. The molecule has 1 aliphatic heterocycles. The summed E-state index contributed by atoms with van der Waals surface area (Å²) in [7, 11) is 5.46. The van der Waals surface area contributed by atoms with E-state index in [4.69, 9.17) is 15.2 Å². The van der Waals surface area contributed by atoms with Crippen molar-refractivity contribution in [1.29, 1.82) is 0 Å². The molecule has 4 nitrogen and oxygen atoms in total. The lowest BCUT2D eigenvalue weighted by Gasteiger charge is -2.38. The zero-order chi connectivity index (χ0) is 13.9. The monoisotopic (exact) mass is 264 g/mol. The van der Waals surface area contributed by atoms with Crippen molar-refractivity contribution in [2.24, 2.45) is 5.73 Å². The number of hydrogen-bond donors (Lipinski definition) is 1. The summed E-state index contributed by atoms with van der Waals surface area (Å²) in [6.07, 6.45) is 2.97. The van der Waals surface area contributed by atoms with Crippen molar-refractivity contribution in [3.63, 3.8) is 0 Å². The quantitative estimate of drug-likeness (QED) is 0.898. The van der Waals surface area contributed by atoms with Crippen LogP contribution < -0.4 is 15.2 Å². The van der Waals surface area contributed by atoms with Gasteiger partial charge in [0.2, 0.25) is 0 Å². The van der Waals surface area contributed by atoms with Gasteiger partial charge in [-0.3, -0.25) is 0 Å². The number of rotatable bonds is 4. The van der Waals surface area contributed by atoms with E-state index in [2.05, 4.69) is 18.0 Å². The molecule has 1 aromatic rings. The van der Waals surface area contributed by atoms with Gasteiger partial charge < -0.3 is 20.1 Å². The van der Waals surface area contributed by atoms with E-state index in [0.717, 1.165) is 43.9 Å². The van der Waals surface area contributed by atoms with Gasteiger partial charge in [0.05, 0.1) is 14.2 Å². The number of benzene rings is 1. The highest BCUT2D eigenvalue weighted by Crippen LogP contribution is 2.30. The molecule has 1 fully saturated rings. The molecule has 0 aromatic heterocycles. The van der Waals surface area contributed by atoms with Crippen molar-refractivity contribution in [1.82, 2.24) is 4.90 Å². The van der Waals surface area contributed by atoms with Gasteiger partial charge in [-0.05, 0) is 57.1 Å². The number of piperidine rings is 1. The van der Waals surface area contributed by atoms with Gasteiger partial charge in [-0.15, -0.1) is 0 Å². The summed E-state index contributed by atoms with van der Waals surface area (Å²) in [4.78, 5) is 2.33. The molecule has 1 saturated heterocycles. The molecule has 1 heterocycles. The highest BCUT2D eigenvalue weighted by atomic mass is 16.5. The predicted octanol–water partition coefficient (Wildman–Crippen LogP) is 1.67. The second-order valence-electron chi connectivity index (χ2n) is 5.53. The Morgan fingerprint density at radius 1 is 1.16 bits per heavy atom. The molecule has 0 amide bonds.